The van der Waals surface area contributed by atoms with Crippen LogP contribution in [-0.2, 0) is 4.79 Å². The molecule has 0 unspecified atom stereocenters. The number of pyridine rings is 1. The summed E-state index contributed by atoms with van der Waals surface area (Å²) in [7, 11) is 0. The SMILES string of the molecule is CC(=O)N1C[C@@H]2[C@H](NC(=O)c3ccc4ncccc4c3)c3ccccc3[C@@H]2C1. The number of carbonyl (C=O) groups is 2. The predicted molar refractivity (Wildman–Crippen MR) is 107 cm³/mol. The number of hydrogen-bond donors (Lipinski definition) is 1. The van der Waals surface area contributed by atoms with Gasteiger partial charge in [-0.05, 0) is 35.4 Å². The van der Waals surface area contributed by atoms with Crippen molar-refractivity contribution in [3.63, 3.8) is 0 Å². The number of hydrogen-bond acceptors (Lipinski definition) is 3. The monoisotopic (exact) mass is 371 g/mol. The average Bonchev–Trinajstić information content (AvgIpc) is 3.27. The zero-order valence-corrected chi connectivity index (χ0v) is 15.6. The van der Waals surface area contributed by atoms with Crippen LogP contribution in [0, 0.1) is 5.92 Å². The van der Waals surface area contributed by atoms with Crippen LogP contribution in [0.15, 0.2) is 60.8 Å². The van der Waals surface area contributed by atoms with Crippen LogP contribution in [0.1, 0.15) is 40.4 Å². The molecule has 1 aliphatic carbocycles. The zero-order chi connectivity index (χ0) is 19.3. The maximum atomic E-state index is 13.0. The van der Waals surface area contributed by atoms with Gasteiger partial charge in [0.1, 0.15) is 0 Å². The van der Waals surface area contributed by atoms with Crippen molar-refractivity contribution in [1.29, 1.82) is 0 Å². The molecule has 5 heteroatoms. The highest BCUT2D eigenvalue weighted by Gasteiger charge is 2.47. The van der Waals surface area contributed by atoms with Crippen LogP contribution in [0.4, 0.5) is 0 Å². The Morgan fingerprint density at radius 2 is 1.86 bits per heavy atom. The summed E-state index contributed by atoms with van der Waals surface area (Å²) in [6, 6.07) is 17.6. The van der Waals surface area contributed by atoms with Gasteiger partial charge < -0.3 is 10.2 Å². The highest BCUT2D eigenvalue weighted by atomic mass is 16.2. The molecule has 1 aromatic heterocycles. The van der Waals surface area contributed by atoms with Crippen molar-refractivity contribution in [2.24, 2.45) is 5.92 Å². The first-order chi connectivity index (χ1) is 13.6. The van der Waals surface area contributed by atoms with E-state index >= 15 is 0 Å². The molecule has 1 saturated heterocycles. The lowest BCUT2D eigenvalue weighted by atomic mass is 9.94. The van der Waals surface area contributed by atoms with Gasteiger partial charge in [-0.25, -0.2) is 0 Å². The summed E-state index contributed by atoms with van der Waals surface area (Å²) in [4.78, 5) is 31.2. The molecule has 2 amide bonds. The van der Waals surface area contributed by atoms with Gasteiger partial charge >= 0.3 is 0 Å². The standard InChI is InChI=1S/C23H21N3O2/c1-14(27)26-12-19-17-6-2-3-7-18(17)22(20(19)13-26)25-23(28)16-8-9-21-15(11-16)5-4-10-24-21/h2-11,19-20,22H,12-13H2,1H3,(H,25,28)/t19-,20-,22+/m0/s1. The van der Waals surface area contributed by atoms with E-state index in [2.05, 4.69) is 22.4 Å². The quantitative estimate of drug-likeness (QED) is 0.752. The Balaban J connectivity index is 1.46. The van der Waals surface area contributed by atoms with E-state index in [1.54, 1.807) is 13.1 Å². The number of nitrogens with zero attached hydrogens (tertiary/aromatic N) is 2. The smallest absolute Gasteiger partial charge is 0.251 e. The molecule has 5 rings (SSSR count). The zero-order valence-electron chi connectivity index (χ0n) is 15.6. The number of rotatable bonds is 2. The Morgan fingerprint density at radius 1 is 1.04 bits per heavy atom. The Hall–Kier alpha value is -3.21. The second kappa shape index (κ2) is 6.44. The number of likely N-dealkylation sites (tertiary alicyclic amines) is 1. The molecule has 28 heavy (non-hydrogen) atoms. The summed E-state index contributed by atoms with van der Waals surface area (Å²) in [5.74, 6) is 0.505. The molecule has 3 aromatic rings. The number of carbonyl (C=O) groups excluding carboxylic acids is 2. The fraction of sp³-hybridized carbons (Fsp3) is 0.261. The van der Waals surface area contributed by atoms with Crippen molar-refractivity contribution in [1.82, 2.24) is 15.2 Å². The van der Waals surface area contributed by atoms with Gasteiger partial charge in [0.2, 0.25) is 5.91 Å². The first-order valence-corrected chi connectivity index (χ1v) is 9.62. The van der Waals surface area contributed by atoms with Gasteiger partial charge in [0, 0.05) is 49.0 Å². The van der Waals surface area contributed by atoms with Crippen LogP contribution < -0.4 is 5.32 Å². The molecule has 0 radical (unpaired) electrons. The predicted octanol–water partition coefficient (Wildman–Crippen LogP) is 3.28. The minimum Gasteiger partial charge on any atom is -0.345 e. The Morgan fingerprint density at radius 3 is 2.68 bits per heavy atom. The third-order valence-corrected chi connectivity index (χ3v) is 6.12. The van der Waals surface area contributed by atoms with E-state index in [4.69, 9.17) is 0 Å². The number of fused-ring (bicyclic) bond motifs is 4. The van der Waals surface area contributed by atoms with Crippen molar-refractivity contribution in [3.05, 3.63) is 77.5 Å². The van der Waals surface area contributed by atoms with Gasteiger partial charge in [-0.1, -0.05) is 30.3 Å². The highest BCUT2D eigenvalue weighted by Crippen LogP contribution is 2.49. The Labute approximate surface area is 163 Å². The van der Waals surface area contributed by atoms with E-state index in [1.807, 2.05) is 47.4 Å². The van der Waals surface area contributed by atoms with Crippen molar-refractivity contribution in [2.45, 2.75) is 18.9 Å². The molecule has 3 atom stereocenters. The average molecular weight is 371 g/mol. The molecule has 1 fully saturated rings. The number of amides is 2. The van der Waals surface area contributed by atoms with Crippen molar-refractivity contribution in [2.75, 3.05) is 13.1 Å². The van der Waals surface area contributed by atoms with Gasteiger partial charge in [0.25, 0.3) is 5.91 Å². The van der Waals surface area contributed by atoms with Gasteiger partial charge in [-0.15, -0.1) is 0 Å². The van der Waals surface area contributed by atoms with Gasteiger partial charge in [-0.3, -0.25) is 14.6 Å². The molecular formula is C23H21N3O2. The van der Waals surface area contributed by atoms with Crippen LogP contribution in [0.2, 0.25) is 0 Å². The minimum atomic E-state index is -0.0903. The molecule has 2 heterocycles. The topological polar surface area (TPSA) is 62.3 Å². The van der Waals surface area contributed by atoms with E-state index < -0.39 is 0 Å². The second-order valence-corrected chi connectivity index (χ2v) is 7.69. The van der Waals surface area contributed by atoms with Gasteiger partial charge in [0.15, 0.2) is 0 Å². The van der Waals surface area contributed by atoms with E-state index in [0.29, 0.717) is 12.1 Å². The molecule has 140 valence electrons. The lowest BCUT2D eigenvalue weighted by Gasteiger charge is -2.22. The lowest BCUT2D eigenvalue weighted by Crippen LogP contribution is -2.34. The maximum Gasteiger partial charge on any atom is 0.251 e. The summed E-state index contributed by atoms with van der Waals surface area (Å²) >= 11 is 0. The Kier molecular flexibility index (Phi) is 3.90. The van der Waals surface area contributed by atoms with Gasteiger partial charge in [-0.2, -0.15) is 0 Å². The molecular weight excluding hydrogens is 350 g/mol. The van der Waals surface area contributed by atoms with Crippen molar-refractivity contribution < 1.29 is 9.59 Å². The van der Waals surface area contributed by atoms with Crippen LogP contribution in [0.25, 0.3) is 10.9 Å². The molecule has 2 aliphatic rings. The minimum absolute atomic E-state index is 0.0809. The summed E-state index contributed by atoms with van der Waals surface area (Å²) in [6.45, 7) is 3.02. The molecule has 0 spiro atoms. The lowest BCUT2D eigenvalue weighted by molar-refractivity contribution is -0.128. The maximum absolute atomic E-state index is 13.0. The largest absolute Gasteiger partial charge is 0.345 e. The van der Waals surface area contributed by atoms with Crippen LogP contribution in [0.3, 0.4) is 0 Å². The van der Waals surface area contributed by atoms with Crippen molar-refractivity contribution >= 4 is 22.7 Å². The Bertz CT molecular complexity index is 1090. The molecule has 5 nitrogen and oxygen atoms in total. The molecule has 0 bridgehead atoms. The second-order valence-electron chi connectivity index (χ2n) is 7.69. The highest BCUT2D eigenvalue weighted by molar-refractivity contribution is 5.98. The van der Waals surface area contributed by atoms with E-state index in [0.717, 1.165) is 17.4 Å². The number of nitrogens with one attached hydrogen (secondary N) is 1. The molecule has 2 aromatic carbocycles. The first kappa shape index (κ1) is 16.9. The third-order valence-electron chi connectivity index (χ3n) is 6.12. The number of aromatic nitrogens is 1. The van der Waals surface area contributed by atoms with Crippen LogP contribution in [-0.4, -0.2) is 34.8 Å². The van der Waals surface area contributed by atoms with Crippen LogP contribution in [0.5, 0.6) is 0 Å². The molecule has 0 saturated carbocycles. The van der Waals surface area contributed by atoms with E-state index in [1.165, 1.54) is 11.1 Å². The number of benzene rings is 2. The third kappa shape index (κ3) is 2.66. The normalized spacial score (nSPS) is 22.8. The van der Waals surface area contributed by atoms with E-state index in [-0.39, 0.29) is 29.7 Å². The van der Waals surface area contributed by atoms with E-state index in [9.17, 15) is 9.59 Å². The summed E-state index contributed by atoms with van der Waals surface area (Å²) in [5, 5.41) is 4.20. The fourth-order valence-electron chi connectivity index (χ4n) is 4.74. The van der Waals surface area contributed by atoms with Crippen LogP contribution >= 0.6 is 0 Å². The van der Waals surface area contributed by atoms with Gasteiger partial charge in [0.05, 0.1) is 11.6 Å². The van der Waals surface area contributed by atoms with Crippen molar-refractivity contribution in [3.8, 4) is 0 Å². The molecule has 1 N–H and O–H groups in total. The summed E-state index contributed by atoms with van der Waals surface area (Å²) < 4.78 is 0. The first-order valence-electron chi connectivity index (χ1n) is 9.62. The molecule has 1 aliphatic heterocycles. The fourth-order valence-corrected chi connectivity index (χ4v) is 4.74. The summed E-state index contributed by atoms with van der Waals surface area (Å²) in [6.07, 6.45) is 1.75. The summed E-state index contributed by atoms with van der Waals surface area (Å²) in [5.41, 5.74) is 3.93.